The molecule has 0 N–H and O–H groups in total. The minimum Gasteiger partial charge on any atom is -0.0596 e. The lowest BCUT2D eigenvalue weighted by Crippen LogP contribution is -2.49. The highest BCUT2D eigenvalue weighted by molar-refractivity contribution is 5.02. The third kappa shape index (κ3) is 4.30. The highest BCUT2D eigenvalue weighted by Gasteiger charge is 2.52. The average molecular weight is 373 g/mol. The normalized spacial score (nSPS) is 41.7. The van der Waals surface area contributed by atoms with Crippen LogP contribution < -0.4 is 0 Å². The van der Waals surface area contributed by atoms with Crippen molar-refractivity contribution in [2.24, 2.45) is 34.0 Å². The summed E-state index contributed by atoms with van der Waals surface area (Å²) in [5.74, 6) is 3.14. The van der Waals surface area contributed by atoms with E-state index in [9.17, 15) is 0 Å². The molecule has 4 saturated carbocycles. The van der Waals surface area contributed by atoms with Crippen LogP contribution in [-0.2, 0) is 0 Å². The molecule has 4 rings (SSSR count). The second kappa shape index (κ2) is 8.02. The molecule has 0 nitrogen and oxygen atoms in total. The van der Waals surface area contributed by atoms with Crippen molar-refractivity contribution in [2.45, 2.75) is 136 Å². The first kappa shape index (κ1) is 20.3. The van der Waals surface area contributed by atoms with Crippen molar-refractivity contribution in [1.82, 2.24) is 0 Å². The van der Waals surface area contributed by atoms with Crippen molar-refractivity contribution in [3.8, 4) is 0 Å². The Morgan fingerprint density at radius 1 is 0.593 bits per heavy atom. The van der Waals surface area contributed by atoms with Crippen LogP contribution >= 0.6 is 0 Å². The maximum Gasteiger partial charge on any atom is -0.0261 e. The molecule has 0 saturated heterocycles. The third-order valence-electron chi connectivity index (χ3n) is 10.2. The topological polar surface area (TPSA) is 0 Å². The predicted octanol–water partition coefficient (Wildman–Crippen LogP) is 8.93. The van der Waals surface area contributed by atoms with Gasteiger partial charge in [-0.05, 0) is 91.8 Å². The minimum absolute atomic E-state index is 0.635. The maximum atomic E-state index is 2.81. The van der Waals surface area contributed by atoms with Crippen LogP contribution in [0.5, 0.6) is 0 Å². The highest BCUT2D eigenvalue weighted by atomic mass is 14.6. The molecule has 27 heavy (non-hydrogen) atoms. The quantitative estimate of drug-likeness (QED) is 0.462. The van der Waals surface area contributed by atoms with Gasteiger partial charge in [0.05, 0.1) is 0 Å². The van der Waals surface area contributed by atoms with Gasteiger partial charge < -0.3 is 0 Å². The lowest BCUT2D eigenvalue weighted by molar-refractivity contribution is -0.0812. The van der Waals surface area contributed by atoms with Crippen LogP contribution in [0.1, 0.15) is 136 Å². The Kier molecular flexibility index (Phi) is 6.03. The molecule has 0 spiro atoms. The molecule has 156 valence electrons. The van der Waals surface area contributed by atoms with Gasteiger partial charge in [-0.3, -0.25) is 0 Å². The van der Waals surface area contributed by atoms with Crippen molar-refractivity contribution in [3.63, 3.8) is 0 Å². The van der Waals surface area contributed by atoms with Gasteiger partial charge in [-0.1, -0.05) is 78.6 Å². The van der Waals surface area contributed by atoms with E-state index in [2.05, 4.69) is 20.8 Å². The van der Waals surface area contributed by atoms with Crippen molar-refractivity contribution < 1.29 is 0 Å². The Morgan fingerprint density at radius 2 is 1.19 bits per heavy atom. The van der Waals surface area contributed by atoms with Crippen molar-refractivity contribution in [1.29, 1.82) is 0 Å². The van der Waals surface area contributed by atoms with Gasteiger partial charge in [0.1, 0.15) is 0 Å². The SMILES string of the molecule is CC1(CC2CCC3CCCCC3C2(C)CC2(C)CCCCC2)CCCCC1. The van der Waals surface area contributed by atoms with Crippen LogP contribution in [0.25, 0.3) is 0 Å². The van der Waals surface area contributed by atoms with Crippen LogP contribution in [0.15, 0.2) is 0 Å². The Bertz CT molecular complexity index is 478. The number of hydrogen-bond acceptors (Lipinski definition) is 0. The van der Waals surface area contributed by atoms with Crippen LogP contribution in [0.4, 0.5) is 0 Å². The summed E-state index contributed by atoms with van der Waals surface area (Å²) in [7, 11) is 0. The van der Waals surface area contributed by atoms with E-state index in [-0.39, 0.29) is 0 Å². The van der Waals surface area contributed by atoms with Crippen molar-refractivity contribution >= 4 is 0 Å². The fourth-order valence-corrected chi connectivity index (χ4v) is 8.79. The summed E-state index contributed by atoms with van der Waals surface area (Å²) >= 11 is 0. The Labute approximate surface area is 170 Å². The molecule has 0 bridgehead atoms. The molecule has 4 fully saturated rings. The molecule has 0 aromatic carbocycles. The van der Waals surface area contributed by atoms with Gasteiger partial charge in [-0.25, -0.2) is 0 Å². The summed E-state index contributed by atoms with van der Waals surface area (Å²) in [5.41, 5.74) is 1.95. The van der Waals surface area contributed by atoms with E-state index in [0.29, 0.717) is 16.2 Å². The van der Waals surface area contributed by atoms with Gasteiger partial charge in [0.15, 0.2) is 0 Å². The molecule has 0 amide bonds. The fraction of sp³-hybridized carbons (Fsp3) is 1.00. The second-order valence-corrected chi connectivity index (χ2v) is 12.6. The summed E-state index contributed by atoms with van der Waals surface area (Å²) in [6.45, 7) is 8.16. The van der Waals surface area contributed by atoms with E-state index < -0.39 is 0 Å². The van der Waals surface area contributed by atoms with Gasteiger partial charge in [0, 0.05) is 0 Å². The van der Waals surface area contributed by atoms with Crippen LogP contribution in [-0.4, -0.2) is 0 Å². The van der Waals surface area contributed by atoms with E-state index in [1.165, 1.54) is 77.0 Å². The molecule has 0 heterocycles. The maximum absolute atomic E-state index is 2.81. The van der Waals surface area contributed by atoms with Gasteiger partial charge in [-0.15, -0.1) is 0 Å². The van der Waals surface area contributed by atoms with Gasteiger partial charge in [0.25, 0.3) is 0 Å². The van der Waals surface area contributed by atoms with Crippen LogP contribution in [0.2, 0.25) is 0 Å². The largest absolute Gasteiger partial charge is 0.0596 e. The first-order valence-electron chi connectivity index (χ1n) is 12.9. The average Bonchev–Trinajstić information content (AvgIpc) is 2.65. The van der Waals surface area contributed by atoms with Gasteiger partial charge in [-0.2, -0.15) is 0 Å². The molecule has 0 aromatic rings. The van der Waals surface area contributed by atoms with E-state index in [1.54, 1.807) is 38.5 Å². The second-order valence-electron chi connectivity index (χ2n) is 12.6. The molecule has 4 unspecified atom stereocenters. The third-order valence-corrected chi connectivity index (χ3v) is 10.2. The molecule has 0 radical (unpaired) electrons. The Hall–Kier alpha value is 0. The molecule has 4 aliphatic carbocycles. The molecule has 4 atom stereocenters. The Morgan fingerprint density at radius 3 is 1.85 bits per heavy atom. The predicted molar refractivity (Wildman–Crippen MR) is 118 cm³/mol. The molecule has 0 aliphatic heterocycles. The first-order valence-corrected chi connectivity index (χ1v) is 12.9. The molecular weight excluding hydrogens is 324 g/mol. The number of fused-ring (bicyclic) bond motifs is 1. The number of rotatable bonds is 4. The zero-order valence-electron chi connectivity index (χ0n) is 19.0. The zero-order chi connectivity index (χ0) is 19.0. The lowest BCUT2D eigenvalue weighted by Gasteiger charge is -2.58. The first-order chi connectivity index (χ1) is 12.9. The summed E-state index contributed by atoms with van der Waals surface area (Å²) in [6, 6.07) is 0. The van der Waals surface area contributed by atoms with E-state index in [0.717, 1.165) is 17.8 Å². The van der Waals surface area contributed by atoms with E-state index >= 15 is 0 Å². The van der Waals surface area contributed by atoms with Crippen LogP contribution in [0, 0.1) is 34.0 Å². The standard InChI is InChI=1S/C27H48/c1-25(16-8-4-9-17-25)20-23-15-14-22-12-6-7-13-24(22)27(23,3)21-26(2)18-10-5-11-19-26/h22-24H,4-21H2,1-3H3. The monoisotopic (exact) mass is 372 g/mol. The smallest absolute Gasteiger partial charge is 0.0261 e. The van der Waals surface area contributed by atoms with Gasteiger partial charge >= 0.3 is 0 Å². The molecular formula is C27H48. The zero-order valence-corrected chi connectivity index (χ0v) is 19.0. The molecule has 4 aliphatic rings. The summed E-state index contributed by atoms with van der Waals surface area (Å²) in [5, 5.41) is 0. The Balaban J connectivity index is 1.57. The number of hydrogen-bond donors (Lipinski definition) is 0. The summed E-state index contributed by atoms with van der Waals surface area (Å²) in [6.07, 6.45) is 27.5. The highest BCUT2D eigenvalue weighted by Crippen LogP contribution is 2.62. The van der Waals surface area contributed by atoms with E-state index in [4.69, 9.17) is 0 Å². The van der Waals surface area contributed by atoms with Crippen molar-refractivity contribution in [2.75, 3.05) is 0 Å². The minimum atomic E-state index is 0.635. The molecule has 0 aromatic heterocycles. The summed E-state index contributed by atoms with van der Waals surface area (Å²) in [4.78, 5) is 0. The van der Waals surface area contributed by atoms with Crippen molar-refractivity contribution in [3.05, 3.63) is 0 Å². The lowest BCUT2D eigenvalue weighted by atomic mass is 9.47. The van der Waals surface area contributed by atoms with Gasteiger partial charge in [0.2, 0.25) is 0 Å². The summed E-state index contributed by atoms with van der Waals surface area (Å²) < 4.78 is 0. The molecule has 0 heteroatoms. The van der Waals surface area contributed by atoms with Crippen LogP contribution in [0.3, 0.4) is 0 Å². The fourth-order valence-electron chi connectivity index (χ4n) is 8.79. The van der Waals surface area contributed by atoms with E-state index in [1.807, 2.05) is 0 Å².